The second-order valence-corrected chi connectivity index (χ2v) is 9.42. The van der Waals surface area contributed by atoms with Crippen molar-refractivity contribution >= 4 is 11.6 Å². The number of nitrogens with zero attached hydrogens (tertiary/aromatic N) is 3. The van der Waals surface area contributed by atoms with Crippen LogP contribution in [0.1, 0.15) is 44.9 Å². The van der Waals surface area contributed by atoms with Crippen molar-refractivity contribution in [1.82, 2.24) is 9.88 Å². The maximum Gasteiger partial charge on any atom is 0.230 e. The first-order valence-corrected chi connectivity index (χ1v) is 11.7. The molecule has 3 heterocycles. The lowest BCUT2D eigenvalue weighted by Crippen LogP contribution is -2.50. The fourth-order valence-electron chi connectivity index (χ4n) is 5.63. The van der Waals surface area contributed by atoms with Crippen molar-refractivity contribution in [3.05, 3.63) is 48.5 Å². The smallest absolute Gasteiger partial charge is 0.230 e. The molecule has 0 radical (unpaired) electrons. The molecule has 1 aromatic heterocycles. The van der Waals surface area contributed by atoms with Gasteiger partial charge in [-0.1, -0.05) is 0 Å². The summed E-state index contributed by atoms with van der Waals surface area (Å²) in [5.74, 6) is 0.865. The highest BCUT2D eigenvalue weighted by Gasteiger charge is 2.50. The molecule has 3 aliphatic rings. The number of aliphatic hydroxyl groups is 1. The summed E-state index contributed by atoms with van der Waals surface area (Å²) in [7, 11) is 0. The Bertz CT molecular complexity index is 964. The van der Waals surface area contributed by atoms with Crippen molar-refractivity contribution in [3.63, 3.8) is 0 Å². The molecule has 32 heavy (non-hydrogen) atoms. The van der Waals surface area contributed by atoms with Gasteiger partial charge in [0.15, 0.2) is 0 Å². The maximum atomic E-state index is 15.1. The molecule has 0 unspecified atom stereocenters. The Morgan fingerprint density at radius 1 is 1.09 bits per heavy atom. The number of pyridine rings is 1. The zero-order valence-electron chi connectivity index (χ0n) is 18.3. The monoisotopic (exact) mass is 439 g/mol. The minimum Gasteiger partial charge on any atom is -0.456 e. The summed E-state index contributed by atoms with van der Waals surface area (Å²) in [6.45, 7) is 2.07. The van der Waals surface area contributed by atoms with Gasteiger partial charge in [-0.05, 0) is 69.2 Å². The van der Waals surface area contributed by atoms with E-state index < -0.39 is 5.41 Å². The predicted molar refractivity (Wildman–Crippen MR) is 119 cm³/mol. The molecule has 3 fully saturated rings. The molecule has 1 aliphatic carbocycles. The van der Waals surface area contributed by atoms with E-state index in [1.807, 2.05) is 4.90 Å². The summed E-state index contributed by atoms with van der Waals surface area (Å²) in [4.78, 5) is 21.6. The number of piperidine rings is 1. The molecule has 5 rings (SSSR count). The minimum atomic E-state index is -0.425. The zero-order valence-corrected chi connectivity index (χ0v) is 18.3. The SMILES string of the molecule is O=C1N([C@H]2CC[C@H](O)CC2)CC[C@@]12CCCN(c1ccc(Oc3cccnc3)cc1F)C2. The molecule has 1 atom stereocenters. The number of anilines is 1. The number of likely N-dealkylation sites (tertiary alicyclic amines) is 1. The molecule has 7 heteroatoms. The average Bonchev–Trinajstić information content (AvgIpc) is 3.10. The predicted octanol–water partition coefficient (Wildman–Crippen LogP) is 4.14. The third-order valence-corrected chi connectivity index (χ3v) is 7.36. The molecular weight excluding hydrogens is 409 g/mol. The van der Waals surface area contributed by atoms with Gasteiger partial charge < -0.3 is 19.6 Å². The van der Waals surface area contributed by atoms with Crippen LogP contribution < -0.4 is 9.64 Å². The first kappa shape index (κ1) is 21.2. The van der Waals surface area contributed by atoms with E-state index in [1.165, 1.54) is 6.07 Å². The first-order valence-electron chi connectivity index (χ1n) is 11.7. The van der Waals surface area contributed by atoms with Gasteiger partial charge in [0.25, 0.3) is 0 Å². The first-order chi connectivity index (χ1) is 15.5. The molecular formula is C25H30FN3O3. The molecule has 2 saturated heterocycles. The van der Waals surface area contributed by atoms with Crippen LogP contribution >= 0.6 is 0 Å². The van der Waals surface area contributed by atoms with Crippen LogP contribution in [-0.2, 0) is 4.79 Å². The van der Waals surface area contributed by atoms with E-state index in [9.17, 15) is 9.90 Å². The van der Waals surface area contributed by atoms with Gasteiger partial charge in [0.1, 0.15) is 17.3 Å². The lowest BCUT2D eigenvalue weighted by atomic mass is 9.78. The summed E-state index contributed by atoms with van der Waals surface area (Å²) < 4.78 is 20.8. The van der Waals surface area contributed by atoms with Crippen LogP contribution in [0.25, 0.3) is 0 Å². The maximum absolute atomic E-state index is 15.1. The van der Waals surface area contributed by atoms with E-state index in [0.717, 1.165) is 58.0 Å². The number of aromatic nitrogens is 1. The van der Waals surface area contributed by atoms with Crippen LogP contribution in [0, 0.1) is 11.2 Å². The fourth-order valence-corrected chi connectivity index (χ4v) is 5.63. The molecule has 1 N–H and O–H groups in total. The summed E-state index contributed by atoms with van der Waals surface area (Å²) in [5, 5.41) is 9.81. The van der Waals surface area contributed by atoms with Gasteiger partial charge >= 0.3 is 0 Å². The standard InChI is InChI=1S/C25H30FN3O3/c26-22-15-20(32-21-3-1-12-27-16-21)8-9-23(22)28-13-2-10-25(17-28)11-14-29(24(25)31)18-4-6-19(30)7-5-18/h1,3,8-9,12,15-16,18-19,30H,2,4-7,10-11,13-14,17H2/t18-,19-,25-/m1/s1. The van der Waals surface area contributed by atoms with Gasteiger partial charge in [-0.3, -0.25) is 9.78 Å². The Labute approximate surface area is 188 Å². The van der Waals surface area contributed by atoms with Crippen molar-refractivity contribution in [1.29, 1.82) is 0 Å². The van der Waals surface area contributed by atoms with Crippen molar-refractivity contribution < 1.29 is 19.0 Å². The molecule has 1 amide bonds. The van der Waals surface area contributed by atoms with Crippen LogP contribution in [0.3, 0.4) is 0 Å². The number of carbonyl (C=O) groups excluding carboxylic acids is 1. The number of carbonyl (C=O) groups is 1. The topological polar surface area (TPSA) is 65.9 Å². The van der Waals surface area contributed by atoms with E-state index >= 15 is 4.39 Å². The van der Waals surface area contributed by atoms with Crippen molar-refractivity contribution in [3.8, 4) is 11.5 Å². The number of hydrogen-bond donors (Lipinski definition) is 1. The van der Waals surface area contributed by atoms with Crippen LogP contribution in [0.5, 0.6) is 11.5 Å². The highest BCUT2D eigenvalue weighted by molar-refractivity contribution is 5.86. The third kappa shape index (κ3) is 4.06. The lowest BCUT2D eigenvalue weighted by molar-refractivity contribution is -0.139. The minimum absolute atomic E-state index is 0.223. The van der Waals surface area contributed by atoms with Crippen LogP contribution in [0.15, 0.2) is 42.7 Å². The third-order valence-electron chi connectivity index (χ3n) is 7.36. The van der Waals surface area contributed by atoms with Crippen LogP contribution in [0.2, 0.25) is 0 Å². The van der Waals surface area contributed by atoms with Gasteiger partial charge in [0, 0.05) is 37.9 Å². The van der Waals surface area contributed by atoms with Crippen LogP contribution in [-0.4, -0.2) is 52.7 Å². The van der Waals surface area contributed by atoms with E-state index in [1.54, 1.807) is 36.7 Å². The number of benzene rings is 1. The number of halogens is 1. The zero-order chi connectivity index (χ0) is 22.1. The summed E-state index contributed by atoms with van der Waals surface area (Å²) in [5.41, 5.74) is 0.0979. The second-order valence-electron chi connectivity index (χ2n) is 9.42. The average molecular weight is 440 g/mol. The summed E-state index contributed by atoms with van der Waals surface area (Å²) >= 11 is 0. The van der Waals surface area contributed by atoms with E-state index in [4.69, 9.17) is 4.74 Å². The van der Waals surface area contributed by atoms with E-state index in [-0.39, 0.29) is 23.9 Å². The summed E-state index contributed by atoms with van der Waals surface area (Å²) in [6, 6.07) is 8.70. The second kappa shape index (κ2) is 8.70. The molecule has 1 aromatic carbocycles. The molecule has 2 aliphatic heterocycles. The Morgan fingerprint density at radius 3 is 2.69 bits per heavy atom. The fraction of sp³-hybridized carbons (Fsp3) is 0.520. The molecule has 2 aromatic rings. The Balaban J connectivity index is 1.29. The van der Waals surface area contributed by atoms with Crippen molar-refractivity contribution in [2.75, 3.05) is 24.5 Å². The largest absolute Gasteiger partial charge is 0.456 e. The molecule has 1 spiro atoms. The molecule has 170 valence electrons. The number of hydrogen-bond acceptors (Lipinski definition) is 5. The highest BCUT2D eigenvalue weighted by atomic mass is 19.1. The van der Waals surface area contributed by atoms with Gasteiger partial charge in [0.05, 0.1) is 23.4 Å². The van der Waals surface area contributed by atoms with Gasteiger partial charge in [0.2, 0.25) is 5.91 Å². The molecule has 1 saturated carbocycles. The quantitative estimate of drug-likeness (QED) is 0.776. The van der Waals surface area contributed by atoms with Gasteiger partial charge in [-0.2, -0.15) is 0 Å². The molecule has 0 bridgehead atoms. The van der Waals surface area contributed by atoms with Gasteiger partial charge in [-0.15, -0.1) is 0 Å². The van der Waals surface area contributed by atoms with E-state index in [0.29, 0.717) is 23.7 Å². The summed E-state index contributed by atoms with van der Waals surface area (Å²) in [6.07, 6.45) is 8.87. The Kier molecular flexibility index (Phi) is 5.76. The van der Waals surface area contributed by atoms with Crippen molar-refractivity contribution in [2.24, 2.45) is 5.41 Å². The van der Waals surface area contributed by atoms with Crippen molar-refractivity contribution in [2.45, 2.75) is 57.1 Å². The normalized spacial score (nSPS) is 28.4. The van der Waals surface area contributed by atoms with Gasteiger partial charge in [-0.25, -0.2) is 4.39 Å². The number of rotatable bonds is 4. The Hall–Kier alpha value is -2.67. The number of aliphatic hydroxyl groups excluding tert-OH is 1. The lowest BCUT2D eigenvalue weighted by Gasteiger charge is -2.41. The van der Waals surface area contributed by atoms with Crippen LogP contribution in [0.4, 0.5) is 10.1 Å². The molecule has 6 nitrogen and oxygen atoms in total. The van der Waals surface area contributed by atoms with E-state index in [2.05, 4.69) is 9.88 Å². The number of amides is 1. The number of ether oxygens (including phenoxy) is 1. The Morgan fingerprint density at radius 2 is 1.94 bits per heavy atom. The highest BCUT2D eigenvalue weighted by Crippen LogP contribution is 2.44.